The number of aromatic nitrogens is 4. The number of amides is 1. The molecule has 1 aliphatic rings. The van der Waals surface area contributed by atoms with Crippen molar-refractivity contribution in [2.24, 2.45) is 0 Å². The highest BCUT2D eigenvalue weighted by molar-refractivity contribution is 7.15. The van der Waals surface area contributed by atoms with E-state index < -0.39 is 0 Å². The summed E-state index contributed by atoms with van der Waals surface area (Å²) >= 11 is 1.43. The van der Waals surface area contributed by atoms with Crippen LogP contribution in [0.3, 0.4) is 0 Å². The Labute approximate surface area is 151 Å². The number of carbonyl (C=O) groups is 1. The van der Waals surface area contributed by atoms with E-state index in [2.05, 4.69) is 37.5 Å². The molecule has 0 spiro atoms. The molecule has 0 aromatic carbocycles. The van der Waals surface area contributed by atoms with Crippen molar-refractivity contribution in [1.29, 1.82) is 0 Å². The molecule has 8 nitrogen and oxygen atoms in total. The fourth-order valence-corrected chi connectivity index (χ4v) is 3.73. The van der Waals surface area contributed by atoms with Gasteiger partial charge in [-0.2, -0.15) is 4.98 Å². The molecule has 1 aliphatic heterocycles. The first-order valence-electron chi connectivity index (χ1n) is 8.76. The van der Waals surface area contributed by atoms with E-state index in [0.29, 0.717) is 16.8 Å². The third-order valence-corrected chi connectivity index (χ3v) is 5.04. The minimum absolute atomic E-state index is 0.0100. The zero-order valence-electron chi connectivity index (χ0n) is 14.9. The van der Waals surface area contributed by atoms with Crippen LogP contribution in [-0.4, -0.2) is 44.2 Å². The maximum atomic E-state index is 12.3. The molecule has 0 bridgehead atoms. The largest absolute Gasteiger partial charge is 0.338 e. The topological polar surface area (TPSA) is 97.0 Å². The zero-order valence-corrected chi connectivity index (χ0v) is 15.7. The van der Waals surface area contributed by atoms with E-state index in [9.17, 15) is 4.79 Å². The summed E-state index contributed by atoms with van der Waals surface area (Å²) < 4.78 is 5.42. The van der Waals surface area contributed by atoms with Crippen molar-refractivity contribution < 1.29 is 9.32 Å². The maximum absolute atomic E-state index is 12.3. The van der Waals surface area contributed by atoms with Gasteiger partial charge in [-0.25, -0.2) is 0 Å². The van der Waals surface area contributed by atoms with Gasteiger partial charge in [-0.15, -0.1) is 10.2 Å². The molecule has 1 atom stereocenters. The predicted octanol–water partition coefficient (Wildman–Crippen LogP) is 2.77. The molecule has 136 valence electrons. The van der Waals surface area contributed by atoms with Gasteiger partial charge < -0.3 is 4.52 Å². The Morgan fingerprint density at radius 2 is 2.28 bits per heavy atom. The quantitative estimate of drug-likeness (QED) is 0.807. The molecule has 1 unspecified atom stereocenters. The van der Waals surface area contributed by atoms with Gasteiger partial charge in [-0.1, -0.05) is 37.3 Å². The molecule has 2 aromatic heterocycles. The molecule has 3 rings (SSSR count). The summed E-state index contributed by atoms with van der Waals surface area (Å²) in [6.45, 7) is 7.28. The fraction of sp³-hybridized carbons (Fsp3) is 0.688. The molecule has 9 heteroatoms. The first-order chi connectivity index (χ1) is 12.1. The van der Waals surface area contributed by atoms with Crippen LogP contribution in [0.2, 0.25) is 0 Å². The van der Waals surface area contributed by atoms with Gasteiger partial charge in [0.05, 0.1) is 12.6 Å². The predicted molar refractivity (Wildman–Crippen MR) is 94.5 cm³/mol. The van der Waals surface area contributed by atoms with Gasteiger partial charge in [-0.3, -0.25) is 15.0 Å². The third kappa shape index (κ3) is 4.40. The third-order valence-electron chi connectivity index (χ3n) is 4.15. The maximum Gasteiger partial charge on any atom is 0.244 e. The summed E-state index contributed by atoms with van der Waals surface area (Å²) in [5.74, 6) is 1.46. The van der Waals surface area contributed by atoms with Gasteiger partial charge in [0, 0.05) is 12.3 Å². The lowest BCUT2D eigenvalue weighted by molar-refractivity contribution is -0.117. The standard InChI is InChI=1S/C16H24N6O2S/c1-4-6-13-19-20-16(25-13)17-12(23)9-22-8-5-7-11(22)15-18-14(10(2)3)21-24-15/h10-11H,4-9H2,1-3H3,(H,17,20,23). The Kier molecular flexibility index (Phi) is 5.74. The van der Waals surface area contributed by atoms with Crippen LogP contribution in [0.15, 0.2) is 4.52 Å². The van der Waals surface area contributed by atoms with Crippen LogP contribution in [-0.2, 0) is 11.2 Å². The lowest BCUT2D eigenvalue weighted by atomic mass is 10.2. The number of hydrogen-bond donors (Lipinski definition) is 1. The SMILES string of the molecule is CCCc1nnc(NC(=O)CN2CCCC2c2nc(C(C)C)no2)s1. The van der Waals surface area contributed by atoms with E-state index in [1.807, 2.05) is 13.8 Å². The van der Waals surface area contributed by atoms with Crippen molar-refractivity contribution in [3.8, 4) is 0 Å². The van der Waals surface area contributed by atoms with Crippen LogP contribution in [0, 0.1) is 0 Å². The zero-order chi connectivity index (χ0) is 17.8. The number of anilines is 1. The van der Waals surface area contributed by atoms with Crippen LogP contribution in [0.4, 0.5) is 5.13 Å². The molecule has 0 saturated carbocycles. The monoisotopic (exact) mass is 364 g/mol. The Bertz CT molecular complexity index is 713. The van der Waals surface area contributed by atoms with Crippen molar-refractivity contribution in [2.75, 3.05) is 18.4 Å². The van der Waals surface area contributed by atoms with Crippen molar-refractivity contribution >= 4 is 22.4 Å². The highest BCUT2D eigenvalue weighted by Crippen LogP contribution is 2.31. The van der Waals surface area contributed by atoms with Crippen LogP contribution in [0.1, 0.15) is 68.7 Å². The molecule has 1 fully saturated rings. The smallest absolute Gasteiger partial charge is 0.244 e. The van der Waals surface area contributed by atoms with Gasteiger partial charge in [0.25, 0.3) is 0 Å². The second-order valence-electron chi connectivity index (χ2n) is 6.57. The second kappa shape index (κ2) is 8.01. The van der Waals surface area contributed by atoms with E-state index in [0.717, 1.165) is 37.2 Å². The summed E-state index contributed by atoms with van der Waals surface area (Å²) in [6, 6.07) is 0.0100. The lowest BCUT2D eigenvalue weighted by Gasteiger charge is -2.20. The van der Waals surface area contributed by atoms with Gasteiger partial charge in [0.2, 0.25) is 16.9 Å². The van der Waals surface area contributed by atoms with Crippen molar-refractivity contribution in [2.45, 2.75) is 58.4 Å². The Balaban J connectivity index is 1.59. The number of likely N-dealkylation sites (tertiary alicyclic amines) is 1. The summed E-state index contributed by atoms with van der Waals surface area (Å²) in [7, 11) is 0. The first kappa shape index (κ1) is 17.9. The van der Waals surface area contributed by atoms with Gasteiger partial charge >= 0.3 is 0 Å². The summed E-state index contributed by atoms with van der Waals surface area (Å²) in [4.78, 5) is 18.9. The average molecular weight is 364 g/mol. The van der Waals surface area contributed by atoms with Gasteiger partial charge in [-0.05, 0) is 25.8 Å². The van der Waals surface area contributed by atoms with Crippen LogP contribution in [0.25, 0.3) is 0 Å². The molecule has 2 aromatic rings. The minimum Gasteiger partial charge on any atom is -0.338 e. The van der Waals surface area contributed by atoms with Crippen molar-refractivity contribution in [3.63, 3.8) is 0 Å². The van der Waals surface area contributed by atoms with E-state index >= 15 is 0 Å². The van der Waals surface area contributed by atoms with Crippen LogP contribution < -0.4 is 5.32 Å². The van der Waals surface area contributed by atoms with E-state index in [-0.39, 0.29) is 24.4 Å². The summed E-state index contributed by atoms with van der Waals surface area (Å²) in [5.41, 5.74) is 0. The molecular formula is C16H24N6O2S. The first-order valence-corrected chi connectivity index (χ1v) is 9.58. The Morgan fingerprint density at radius 3 is 3.00 bits per heavy atom. The molecule has 0 aliphatic carbocycles. The van der Waals surface area contributed by atoms with Gasteiger partial charge in [0.15, 0.2) is 5.82 Å². The Hall–Kier alpha value is -1.87. The second-order valence-corrected chi connectivity index (χ2v) is 7.64. The molecule has 25 heavy (non-hydrogen) atoms. The summed E-state index contributed by atoms with van der Waals surface area (Å²) in [6.07, 6.45) is 3.83. The fourth-order valence-electron chi connectivity index (χ4n) is 2.87. The number of carbonyl (C=O) groups excluding carboxylic acids is 1. The van der Waals surface area contributed by atoms with Crippen LogP contribution in [0.5, 0.6) is 0 Å². The van der Waals surface area contributed by atoms with E-state index in [1.54, 1.807) is 0 Å². The normalized spacial score (nSPS) is 18.2. The highest BCUT2D eigenvalue weighted by Gasteiger charge is 2.32. The Morgan fingerprint density at radius 1 is 1.44 bits per heavy atom. The number of hydrogen-bond acceptors (Lipinski definition) is 8. The number of nitrogens with one attached hydrogen (secondary N) is 1. The molecular weight excluding hydrogens is 340 g/mol. The van der Waals surface area contributed by atoms with Crippen molar-refractivity contribution in [1.82, 2.24) is 25.2 Å². The number of rotatable bonds is 7. The highest BCUT2D eigenvalue weighted by atomic mass is 32.1. The molecule has 1 N–H and O–H groups in total. The number of aryl methyl sites for hydroxylation is 1. The van der Waals surface area contributed by atoms with Crippen molar-refractivity contribution in [3.05, 3.63) is 16.7 Å². The molecule has 0 radical (unpaired) electrons. The minimum atomic E-state index is -0.0882. The summed E-state index contributed by atoms with van der Waals surface area (Å²) in [5, 5.41) is 16.5. The number of nitrogens with zero attached hydrogens (tertiary/aromatic N) is 5. The van der Waals surface area contributed by atoms with Crippen LogP contribution >= 0.6 is 11.3 Å². The van der Waals surface area contributed by atoms with Gasteiger partial charge in [0.1, 0.15) is 5.01 Å². The van der Waals surface area contributed by atoms with E-state index in [4.69, 9.17) is 4.52 Å². The molecule has 1 amide bonds. The average Bonchev–Trinajstić information content (AvgIpc) is 3.27. The molecule has 1 saturated heterocycles. The van der Waals surface area contributed by atoms with E-state index in [1.165, 1.54) is 11.3 Å². The molecule has 3 heterocycles. The lowest BCUT2D eigenvalue weighted by Crippen LogP contribution is -2.33.